The molecule has 1 heterocycles. The van der Waals surface area contributed by atoms with E-state index in [2.05, 4.69) is 4.98 Å². The molecular weight excluding hydrogens is 182 g/mol. The molecule has 0 fully saturated rings. The zero-order chi connectivity index (χ0) is 10.0. The van der Waals surface area contributed by atoms with E-state index >= 15 is 0 Å². The van der Waals surface area contributed by atoms with Crippen molar-refractivity contribution in [3.05, 3.63) is 10.6 Å². The summed E-state index contributed by atoms with van der Waals surface area (Å²) < 4.78 is 0. The highest BCUT2D eigenvalue weighted by Crippen LogP contribution is 2.25. The maximum atomic E-state index is 5.74. The van der Waals surface area contributed by atoms with E-state index in [1.807, 2.05) is 32.8 Å². The maximum Gasteiger partial charge on any atom is 0.185 e. The van der Waals surface area contributed by atoms with Gasteiger partial charge in [0.1, 0.15) is 0 Å². The van der Waals surface area contributed by atoms with Crippen molar-refractivity contribution in [1.29, 1.82) is 0 Å². The average Bonchev–Trinajstić information content (AvgIpc) is 2.31. The van der Waals surface area contributed by atoms with Crippen molar-refractivity contribution in [2.45, 2.75) is 26.3 Å². The minimum atomic E-state index is 0.217. The summed E-state index contributed by atoms with van der Waals surface area (Å²) in [7, 11) is 4.02. The zero-order valence-electron chi connectivity index (χ0n) is 8.66. The summed E-state index contributed by atoms with van der Waals surface area (Å²) in [6.07, 6.45) is 0.928. The summed E-state index contributed by atoms with van der Waals surface area (Å²) in [6, 6.07) is 0.217. The van der Waals surface area contributed by atoms with Gasteiger partial charge in [-0.05, 0) is 20.3 Å². The normalized spacial score (nSPS) is 13.0. The number of thiazole rings is 1. The van der Waals surface area contributed by atoms with E-state index in [0.29, 0.717) is 0 Å². The third kappa shape index (κ3) is 2.67. The first-order valence-electron chi connectivity index (χ1n) is 4.40. The predicted molar refractivity (Wildman–Crippen MR) is 58.5 cm³/mol. The van der Waals surface area contributed by atoms with E-state index in [4.69, 9.17) is 5.73 Å². The second-order valence-corrected chi connectivity index (χ2v) is 4.64. The molecule has 1 aromatic rings. The Morgan fingerprint density at radius 1 is 1.54 bits per heavy atom. The first-order chi connectivity index (χ1) is 6.00. The van der Waals surface area contributed by atoms with E-state index in [9.17, 15) is 0 Å². The van der Waals surface area contributed by atoms with Crippen LogP contribution in [0.1, 0.15) is 17.5 Å². The number of hydrogen-bond donors (Lipinski definition) is 1. The number of anilines is 1. The molecule has 0 aromatic carbocycles. The molecule has 0 bridgehead atoms. The fraction of sp³-hybridized carbons (Fsp3) is 0.667. The number of nitrogens with zero attached hydrogens (tertiary/aromatic N) is 2. The summed E-state index contributed by atoms with van der Waals surface area (Å²) in [6.45, 7) is 4.07. The van der Waals surface area contributed by atoms with Gasteiger partial charge in [-0.15, -0.1) is 11.3 Å². The van der Waals surface area contributed by atoms with Gasteiger partial charge in [-0.25, -0.2) is 4.98 Å². The Morgan fingerprint density at radius 2 is 2.15 bits per heavy atom. The van der Waals surface area contributed by atoms with E-state index in [0.717, 1.165) is 17.2 Å². The van der Waals surface area contributed by atoms with Gasteiger partial charge in [-0.1, -0.05) is 0 Å². The summed E-state index contributed by atoms with van der Waals surface area (Å²) >= 11 is 1.73. The molecule has 4 heteroatoms. The van der Waals surface area contributed by atoms with Crippen molar-refractivity contribution in [2.75, 3.05) is 19.0 Å². The van der Waals surface area contributed by atoms with Crippen LogP contribution >= 0.6 is 11.3 Å². The van der Waals surface area contributed by atoms with E-state index in [-0.39, 0.29) is 6.04 Å². The fourth-order valence-electron chi connectivity index (χ4n) is 1.09. The lowest BCUT2D eigenvalue weighted by Crippen LogP contribution is -2.17. The maximum absolute atomic E-state index is 5.74. The van der Waals surface area contributed by atoms with Gasteiger partial charge in [0.25, 0.3) is 0 Å². The molecule has 13 heavy (non-hydrogen) atoms. The summed E-state index contributed by atoms with van der Waals surface area (Å²) in [5.41, 5.74) is 6.86. The van der Waals surface area contributed by atoms with E-state index < -0.39 is 0 Å². The molecule has 0 aliphatic heterocycles. The second-order valence-electron chi connectivity index (χ2n) is 3.58. The number of aromatic nitrogens is 1. The Morgan fingerprint density at radius 3 is 2.54 bits per heavy atom. The molecule has 2 N–H and O–H groups in total. The lowest BCUT2D eigenvalue weighted by Gasteiger charge is -2.05. The standard InChI is InChI=1S/C9H17N3S/c1-6(10)5-8-7(2)11-9(13-8)12(3)4/h6H,5,10H2,1-4H3/t6-/m0/s1. The second kappa shape index (κ2) is 4.07. The first kappa shape index (κ1) is 10.5. The molecular formula is C9H17N3S. The highest BCUT2D eigenvalue weighted by Gasteiger charge is 2.09. The van der Waals surface area contributed by atoms with Crippen LogP contribution in [0.5, 0.6) is 0 Å². The van der Waals surface area contributed by atoms with Crippen molar-refractivity contribution in [1.82, 2.24) is 4.98 Å². The lowest BCUT2D eigenvalue weighted by molar-refractivity contribution is 0.742. The average molecular weight is 199 g/mol. The molecule has 0 saturated heterocycles. The van der Waals surface area contributed by atoms with Crippen molar-refractivity contribution < 1.29 is 0 Å². The molecule has 0 aliphatic rings. The highest BCUT2D eigenvalue weighted by atomic mass is 32.1. The molecule has 3 nitrogen and oxygen atoms in total. The van der Waals surface area contributed by atoms with Crippen molar-refractivity contribution in [3.8, 4) is 0 Å². The Kier molecular flexibility index (Phi) is 3.27. The topological polar surface area (TPSA) is 42.2 Å². The fourth-order valence-corrected chi connectivity index (χ4v) is 2.21. The van der Waals surface area contributed by atoms with Crippen molar-refractivity contribution in [3.63, 3.8) is 0 Å². The minimum Gasteiger partial charge on any atom is -0.354 e. The Hall–Kier alpha value is -0.610. The summed E-state index contributed by atoms with van der Waals surface area (Å²) in [5, 5.41) is 1.06. The van der Waals surface area contributed by atoms with Crippen LogP contribution in [-0.2, 0) is 6.42 Å². The Bertz CT molecular complexity index is 278. The summed E-state index contributed by atoms with van der Waals surface area (Å²) in [4.78, 5) is 7.79. The predicted octanol–water partition coefficient (Wildman–Crippen LogP) is 1.41. The van der Waals surface area contributed by atoms with Crippen LogP contribution in [0.25, 0.3) is 0 Å². The number of rotatable bonds is 3. The van der Waals surface area contributed by atoms with Gasteiger partial charge in [0.2, 0.25) is 0 Å². The molecule has 0 amide bonds. The molecule has 0 aliphatic carbocycles. The van der Waals surface area contributed by atoms with Crippen molar-refractivity contribution >= 4 is 16.5 Å². The van der Waals surface area contributed by atoms with E-state index in [1.165, 1.54) is 4.88 Å². The molecule has 0 unspecified atom stereocenters. The van der Waals surface area contributed by atoms with Gasteiger partial charge in [-0.3, -0.25) is 0 Å². The van der Waals surface area contributed by atoms with Crippen LogP contribution in [0.4, 0.5) is 5.13 Å². The van der Waals surface area contributed by atoms with Gasteiger partial charge >= 0.3 is 0 Å². The largest absolute Gasteiger partial charge is 0.354 e. The molecule has 1 rings (SSSR count). The summed E-state index contributed by atoms with van der Waals surface area (Å²) in [5.74, 6) is 0. The zero-order valence-corrected chi connectivity index (χ0v) is 9.48. The molecule has 0 spiro atoms. The number of nitrogens with two attached hydrogens (primary N) is 1. The first-order valence-corrected chi connectivity index (χ1v) is 5.21. The van der Waals surface area contributed by atoms with Crippen LogP contribution in [0.15, 0.2) is 0 Å². The Labute approximate surface area is 83.6 Å². The van der Waals surface area contributed by atoms with Gasteiger partial charge in [-0.2, -0.15) is 0 Å². The molecule has 0 radical (unpaired) electrons. The number of hydrogen-bond acceptors (Lipinski definition) is 4. The van der Waals surface area contributed by atoms with Gasteiger partial charge in [0.15, 0.2) is 5.13 Å². The molecule has 0 saturated carbocycles. The Balaban J connectivity index is 2.83. The third-order valence-corrected chi connectivity index (χ3v) is 3.12. The van der Waals surface area contributed by atoms with Crippen LogP contribution in [0, 0.1) is 6.92 Å². The number of aryl methyl sites for hydroxylation is 1. The third-order valence-electron chi connectivity index (χ3n) is 1.77. The minimum absolute atomic E-state index is 0.217. The SMILES string of the molecule is Cc1nc(N(C)C)sc1C[C@H](C)N. The smallest absolute Gasteiger partial charge is 0.185 e. The van der Waals surface area contributed by atoms with Gasteiger partial charge < -0.3 is 10.6 Å². The van der Waals surface area contributed by atoms with Crippen LogP contribution in [0.2, 0.25) is 0 Å². The quantitative estimate of drug-likeness (QED) is 0.800. The van der Waals surface area contributed by atoms with Crippen molar-refractivity contribution in [2.24, 2.45) is 5.73 Å². The molecule has 74 valence electrons. The van der Waals surface area contributed by atoms with Gasteiger partial charge in [0, 0.05) is 25.0 Å². The highest BCUT2D eigenvalue weighted by molar-refractivity contribution is 7.15. The van der Waals surface area contributed by atoms with Crippen LogP contribution in [0.3, 0.4) is 0 Å². The van der Waals surface area contributed by atoms with Crippen LogP contribution < -0.4 is 10.6 Å². The monoisotopic (exact) mass is 199 g/mol. The van der Waals surface area contributed by atoms with Crippen LogP contribution in [-0.4, -0.2) is 25.1 Å². The van der Waals surface area contributed by atoms with Gasteiger partial charge in [0.05, 0.1) is 5.69 Å². The molecule has 1 atom stereocenters. The lowest BCUT2D eigenvalue weighted by atomic mass is 10.2. The molecule has 1 aromatic heterocycles. The van der Waals surface area contributed by atoms with E-state index in [1.54, 1.807) is 11.3 Å².